The van der Waals surface area contributed by atoms with Crippen molar-refractivity contribution in [1.82, 2.24) is 35.2 Å². The summed E-state index contributed by atoms with van der Waals surface area (Å²) in [5.41, 5.74) is 2.55. The van der Waals surface area contributed by atoms with Crippen LogP contribution in [-0.2, 0) is 51.3 Å². The first-order valence-electron chi connectivity index (χ1n) is 25.0. The van der Waals surface area contributed by atoms with Crippen LogP contribution < -0.4 is 20.7 Å². The molecule has 1 saturated heterocycles. The molecule has 17 heteroatoms. The minimum absolute atomic E-state index is 0.00653. The minimum atomic E-state index is -1.50. The van der Waals surface area contributed by atoms with E-state index in [1.54, 1.807) is 7.11 Å². The Balaban J connectivity index is 1.93. The largest absolute Gasteiger partial charge is 0.496 e. The van der Waals surface area contributed by atoms with Crippen LogP contribution in [-0.4, -0.2) is 131 Å². The van der Waals surface area contributed by atoms with Crippen molar-refractivity contribution in [3.05, 3.63) is 65.9 Å². The number of benzene rings is 2. The number of amides is 6. The molecule has 1 aliphatic rings. The summed E-state index contributed by atoms with van der Waals surface area (Å²) < 4.78 is 13.5. The summed E-state index contributed by atoms with van der Waals surface area (Å²) in [6, 6.07) is 10.4. The summed E-state index contributed by atoms with van der Waals surface area (Å²) in [7, 11) is 6.01. The van der Waals surface area contributed by atoms with Crippen molar-refractivity contribution in [3.8, 4) is 11.8 Å². The Morgan fingerprint density at radius 3 is 1.65 bits per heavy atom. The van der Waals surface area contributed by atoms with Crippen LogP contribution in [0.5, 0.6) is 5.75 Å². The second-order valence-corrected chi connectivity index (χ2v) is 20.7. The van der Waals surface area contributed by atoms with Crippen LogP contribution in [0.15, 0.2) is 54.7 Å². The Kier molecular flexibility index (Phi) is 21.0. The van der Waals surface area contributed by atoms with Gasteiger partial charge < -0.3 is 44.7 Å². The molecule has 388 valence electrons. The third kappa shape index (κ3) is 15.3. The maximum atomic E-state index is 15.2. The number of ether oxygens (including phenoxy) is 2. The third-order valence-corrected chi connectivity index (χ3v) is 13.1. The van der Waals surface area contributed by atoms with Crippen LogP contribution in [0.3, 0.4) is 0 Å². The average Bonchev–Trinajstić information content (AvgIpc) is 3.66. The van der Waals surface area contributed by atoms with E-state index in [1.165, 1.54) is 37.9 Å². The molecular weight excluding hydrogens is 905 g/mol. The highest BCUT2D eigenvalue weighted by atomic mass is 16.5. The van der Waals surface area contributed by atoms with Crippen molar-refractivity contribution in [3.63, 3.8) is 0 Å². The monoisotopic (exact) mass is 983 g/mol. The lowest BCUT2D eigenvalue weighted by molar-refractivity contribution is -0.163. The van der Waals surface area contributed by atoms with E-state index < -0.39 is 83.8 Å². The molecule has 6 amide bonds. The highest BCUT2D eigenvalue weighted by molar-refractivity contribution is 5.98. The highest BCUT2D eigenvalue weighted by Gasteiger charge is 2.40. The number of nitrogens with one attached hydrogen (secondary N) is 3. The normalized spacial score (nSPS) is 23.0. The van der Waals surface area contributed by atoms with Gasteiger partial charge in [0.05, 0.1) is 19.7 Å². The van der Waals surface area contributed by atoms with Gasteiger partial charge >= 0.3 is 5.97 Å². The zero-order chi connectivity index (χ0) is 52.9. The standard InChI is InChI=1S/C54H78N8O9/c1-32(2)25-40-51(66)59(10)36(9)54(69)71-47(23-18-24-55)50(65)58-42(27-34(5)6)53(68)60(11)44(28-35(7)8)48(63)57-41(26-33(3)4)52(67)61(12)45(49(64)56-40)29-38-31-62(43-21-16-15-20-39(38)43)30-37-19-14-17-22-46(37)70-13/h14-17,19-22,31-36,40-42,44-45,47H,18,23,25-30H2,1-13H3,(H,56,64)(H,57,63)(H,58,65)/t36-,40-,41-,42-,44?,45-,47+/m0/s1. The molecule has 2 heterocycles. The van der Waals surface area contributed by atoms with Crippen LogP contribution in [0.25, 0.3) is 10.9 Å². The van der Waals surface area contributed by atoms with E-state index in [2.05, 4.69) is 20.5 Å². The molecule has 17 nitrogen and oxygen atoms in total. The molecule has 0 radical (unpaired) electrons. The van der Waals surface area contributed by atoms with Gasteiger partial charge in [-0.05, 0) is 74.0 Å². The highest BCUT2D eigenvalue weighted by Crippen LogP contribution is 2.28. The lowest BCUT2D eigenvalue weighted by Gasteiger charge is -2.35. The summed E-state index contributed by atoms with van der Waals surface area (Å²) in [6.45, 7) is 17.0. The van der Waals surface area contributed by atoms with E-state index in [0.29, 0.717) is 12.3 Å². The van der Waals surface area contributed by atoms with E-state index in [0.717, 1.165) is 26.9 Å². The van der Waals surface area contributed by atoms with Crippen molar-refractivity contribution in [2.24, 2.45) is 23.7 Å². The molecule has 0 saturated carbocycles. The first-order valence-corrected chi connectivity index (χ1v) is 25.0. The average molecular weight is 983 g/mol. The van der Waals surface area contributed by atoms with Crippen molar-refractivity contribution < 1.29 is 43.0 Å². The van der Waals surface area contributed by atoms with Gasteiger partial charge in [-0.15, -0.1) is 0 Å². The van der Waals surface area contributed by atoms with E-state index in [1.807, 2.05) is 116 Å². The van der Waals surface area contributed by atoms with Crippen molar-refractivity contribution in [1.29, 1.82) is 5.26 Å². The molecule has 2 aromatic carbocycles. The van der Waals surface area contributed by atoms with Crippen molar-refractivity contribution >= 4 is 52.3 Å². The van der Waals surface area contributed by atoms with Crippen LogP contribution in [0.4, 0.5) is 0 Å². The molecule has 1 unspecified atom stereocenters. The summed E-state index contributed by atoms with van der Waals surface area (Å²) >= 11 is 0. The molecule has 4 rings (SSSR count). The zero-order valence-corrected chi connectivity index (χ0v) is 44.1. The lowest BCUT2D eigenvalue weighted by atomic mass is 9.96. The van der Waals surface area contributed by atoms with Gasteiger partial charge in [-0.3, -0.25) is 28.8 Å². The fraction of sp³-hybridized carbons (Fsp3) is 0.593. The molecule has 1 aromatic heterocycles. The Bertz CT molecular complexity index is 2390. The summed E-state index contributed by atoms with van der Waals surface area (Å²) in [5.74, 6) is -4.47. The van der Waals surface area contributed by atoms with Crippen LogP contribution in [0.1, 0.15) is 112 Å². The maximum Gasteiger partial charge on any atom is 0.329 e. The number of hydrogen-bond acceptors (Lipinski definition) is 10. The topological polar surface area (TPSA) is 212 Å². The molecule has 71 heavy (non-hydrogen) atoms. The molecule has 1 fully saturated rings. The van der Waals surface area contributed by atoms with Gasteiger partial charge in [0.25, 0.3) is 5.91 Å². The van der Waals surface area contributed by atoms with Gasteiger partial charge in [-0.1, -0.05) is 91.8 Å². The zero-order valence-electron chi connectivity index (χ0n) is 44.1. The Morgan fingerprint density at radius 1 is 0.634 bits per heavy atom. The third-order valence-electron chi connectivity index (χ3n) is 13.1. The van der Waals surface area contributed by atoms with Gasteiger partial charge in [0, 0.05) is 63.1 Å². The number of nitrogens with zero attached hydrogens (tertiary/aromatic N) is 5. The number of fused-ring (bicyclic) bond motifs is 1. The smallest absolute Gasteiger partial charge is 0.329 e. The number of aromatic nitrogens is 1. The lowest BCUT2D eigenvalue weighted by Crippen LogP contribution is -2.60. The van der Waals surface area contributed by atoms with Crippen LogP contribution in [0.2, 0.25) is 0 Å². The van der Waals surface area contributed by atoms with Gasteiger partial charge in [0.15, 0.2) is 6.10 Å². The fourth-order valence-electron chi connectivity index (χ4n) is 9.09. The summed E-state index contributed by atoms with van der Waals surface area (Å²) in [6.07, 6.45) is 0.817. The Hall–Kier alpha value is -6.44. The molecule has 0 spiro atoms. The molecule has 1 aliphatic heterocycles. The van der Waals surface area contributed by atoms with Crippen molar-refractivity contribution in [2.45, 2.75) is 156 Å². The number of esters is 1. The van der Waals surface area contributed by atoms with Gasteiger partial charge in [-0.2, -0.15) is 5.26 Å². The van der Waals surface area contributed by atoms with E-state index in [4.69, 9.17) is 9.47 Å². The van der Waals surface area contributed by atoms with E-state index in [-0.39, 0.29) is 68.6 Å². The van der Waals surface area contributed by atoms with Gasteiger partial charge in [-0.25, -0.2) is 4.79 Å². The Morgan fingerprint density at radius 2 is 1.11 bits per heavy atom. The molecule has 0 aliphatic carbocycles. The second-order valence-electron chi connectivity index (χ2n) is 20.7. The molecule has 7 atom stereocenters. The number of carbonyl (C=O) groups is 7. The molecule has 3 N–H and O–H groups in total. The minimum Gasteiger partial charge on any atom is -0.496 e. The summed E-state index contributed by atoms with van der Waals surface area (Å²) in [5, 5.41) is 19.0. The first kappa shape index (κ1) is 57.1. The second kappa shape index (κ2) is 26.1. The number of methoxy groups -OCH3 is 1. The van der Waals surface area contributed by atoms with Crippen molar-refractivity contribution in [2.75, 3.05) is 28.3 Å². The first-order chi connectivity index (χ1) is 33.5. The number of likely N-dealkylation sites (N-methyl/N-ethyl adjacent to an activating group) is 3. The quantitative estimate of drug-likeness (QED) is 0.160. The molecule has 0 bridgehead atoms. The molecular formula is C54H78N8O9. The number of nitriles is 1. The van der Waals surface area contributed by atoms with E-state index in [9.17, 15) is 29.2 Å². The fourth-order valence-corrected chi connectivity index (χ4v) is 9.09. The summed E-state index contributed by atoms with van der Waals surface area (Å²) in [4.78, 5) is 106. The number of cyclic esters (lactones) is 1. The maximum absolute atomic E-state index is 15.2. The molecule has 3 aromatic rings. The predicted molar refractivity (Wildman–Crippen MR) is 271 cm³/mol. The Labute approximate surface area is 420 Å². The number of carbonyl (C=O) groups excluding carboxylic acids is 7. The predicted octanol–water partition coefficient (Wildman–Crippen LogP) is 5.61. The number of rotatable bonds is 15. The van der Waals surface area contributed by atoms with E-state index >= 15 is 9.59 Å². The van der Waals surface area contributed by atoms with Crippen LogP contribution in [0, 0.1) is 35.0 Å². The SMILES string of the molecule is COc1ccccc1Cn1cc(C[C@H]2C(=O)N[C@@H](CC(C)C)C(=O)N(C)[C@@H](C)C(=O)O[C@H](CCC#N)C(=O)N[C@@H](CC(C)C)C(=O)N(C)C(CC(C)C)C(=O)N[C@@H](CC(C)C)C(=O)N2C)c2ccccc21. The number of para-hydroxylation sites is 2. The number of hydrogen-bond donors (Lipinski definition) is 3. The van der Waals surface area contributed by atoms with Gasteiger partial charge in [0.1, 0.15) is 42.0 Å². The van der Waals surface area contributed by atoms with Crippen LogP contribution >= 0.6 is 0 Å². The van der Waals surface area contributed by atoms with Gasteiger partial charge in [0.2, 0.25) is 29.5 Å².